The zero-order chi connectivity index (χ0) is 24.0. The lowest BCUT2D eigenvalue weighted by atomic mass is 10.2. The van der Waals surface area contributed by atoms with Crippen LogP contribution in [0.15, 0.2) is 47.4 Å². The van der Waals surface area contributed by atoms with E-state index in [0.717, 1.165) is 12.8 Å². The van der Waals surface area contributed by atoms with Gasteiger partial charge in [0.05, 0.1) is 23.1 Å². The molecule has 1 heterocycles. The molecule has 0 bridgehead atoms. The molecule has 1 aliphatic heterocycles. The molecule has 0 atom stereocenters. The average molecular weight is 496 g/mol. The van der Waals surface area contributed by atoms with Crippen LogP contribution in [0.5, 0.6) is 5.75 Å². The first-order valence-electron chi connectivity index (χ1n) is 9.92. The average Bonchev–Trinajstić information content (AvgIpc) is 3.37. The lowest BCUT2D eigenvalue weighted by Gasteiger charge is -2.15. The van der Waals surface area contributed by atoms with Gasteiger partial charge in [-0.25, -0.2) is 13.2 Å². The van der Waals surface area contributed by atoms with Crippen molar-refractivity contribution in [1.29, 1.82) is 0 Å². The van der Waals surface area contributed by atoms with E-state index < -0.39 is 34.4 Å². The van der Waals surface area contributed by atoms with Gasteiger partial charge in [0.2, 0.25) is 10.0 Å². The van der Waals surface area contributed by atoms with Gasteiger partial charge in [-0.1, -0.05) is 17.7 Å². The number of rotatable bonds is 7. The smallest absolute Gasteiger partial charge is 0.338 e. The molecule has 2 aromatic rings. The van der Waals surface area contributed by atoms with Gasteiger partial charge in [-0.05, 0) is 49.2 Å². The highest BCUT2D eigenvalue weighted by Gasteiger charge is 2.27. The van der Waals surface area contributed by atoms with E-state index >= 15 is 0 Å². The van der Waals surface area contributed by atoms with Gasteiger partial charge in [0, 0.05) is 18.1 Å². The second-order valence-electron chi connectivity index (χ2n) is 7.06. The number of nitrogens with one attached hydrogen (secondary N) is 2. The van der Waals surface area contributed by atoms with Crippen LogP contribution in [0.4, 0.5) is 0 Å². The maximum atomic E-state index is 12.7. The van der Waals surface area contributed by atoms with Gasteiger partial charge in [-0.15, -0.1) is 0 Å². The predicted octanol–water partition coefficient (Wildman–Crippen LogP) is 1.75. The summed E-state index contributed by atoms with van der Waals surface area (Å²) < 4.78 is 36.7. The Morgan fingerprint density at radius 1 is 1.06 bits per heavy atom. The summed E-state index contributed by atoms with van der Waals surface area (Å²) >= 11 is 5.88. The Bertz CT molecular complexity index is 1160. The summed E-state index contributed by atoms with van der Waals surface area (Å²) in [6.07, 6.45) is 1.58. The van der Waals surface area contributed by atoms with Gasteiger partial charge >= 0.3 is 5.97 Å². The lowest BCUT2D eigenvalue weighted by Crippen LogP contribution is -2.43. The molecule has 10 nitrogen and oxygen atoms in total. The number of hydrazine groups is 1. The van der Waals surface area contributed by atoms with Crippen molar-refractivity contribution in [2.24, 2.45) is 0 Å². The molecule has 3 rings (SSSR count). The number of carbonyl (C=O) groups is 3. The maximum Gasteiger partial charge on any atom is 0.338 e. The number of halogens is 1. The van der Waals surface area contributed by atoms with Crippen LogP contribution in [-0.2, 0) is 19.6 Å². The van der Waals surface area contributed by atoms with Gasteiger partial charge in [0.25, 0.3) is 11.8 Å². The second-order valence-corrected chi connectivity index (χ2v) is 9.44. The molecule has 2 aromatic carbocycles. The SMILES string of the molecule is COc1ccc(Cl)cc1C(=O)NNC(=O)COC(=O)c1cccc(S(=O)(=O)N2CCCC2)c1. The topological polar surface area (TPSA) is 131 Å². The molecule has 0 radical (unpaired) electrons. The van der Waals surface area contributed by atoms with Crippen LogP contribution in [0.2, 0.25) is 5.02 Å². The van der Waals surface area contributed by atoms with Crippen molar-refractivity contribution in [2.75, 3.05) is 26.8 Å². The number of nitrogens with zero attached hydrogens (tertiary/aromatic N) is 1. The highest BCUT2D eigenvalue weighted by atomic mass is 35.5. The molecular weight excluding hydrogens is 474 g/mol. The molecule has 0 aliphatic carbocycles. The molecule has 2 N–H and O–H groups in total. The fourth-order valence-corrected chi connectivity index (χ4v) is 4.90. The normalized spacial score (nSPS) is 13.9. The maximum absolute atomic E-state index is 12.7. The molecule has 2 amide bonds. The highest BCUT2D eigenvalue weighted by Crippen LogP contribution is 2.23. The van der Waals surface area contributed by atoms with E-state index in [1.165, 1.54) is 47.8 Å². The van der Waals surface area contributed by atoms with Crippen molar-refractivity contribution in [2.45, 2.75) is 17.7 Å². The number of methoxy groups -OCH3 is 1. The first-order chi connectivity index (χ1) is 15.7. The lowest BCUT2D eigenvalue weighted by molar-refractivity contribution is -0.125. The largest absolute Gasteiger partial charge is 0.496 e. The van der Waals surface area contributed by atoms with Gasteiger partial charge in [-0.2, -0.15) is 4.31 Å². The molecular formula is C21H22ClN3O7S. The van der Waals surface area contributed by atoms with E-state index in [9.17, 15) is 22.8 Å². The molecule has 0 aromatic heterocycles. The Hall–Kier alpha value is -3.15. The summed E-state index contributed by atoms with van der Waals surface area (Å²) in [7, 11) is -2.32. The second kappa shape index (κ2) is 10.6. The van der Waals surface area contributed by atoms with Crippen molar-refractivity contribution in [3.05, 3.63) is 58.6 Å². The number of amides is 2. The third-order valence-corrected chi connectivity index (χ3v) is 6.96. The zero-order valence-corrected chi connectivity index (χ0v) is 19.2. The first-order valence-corrected chi connectivity index (χ1v) is 11.7. The summed E-state index contributed by atoms with van der Waals surface area (Å²) in [6, 6.07) is 9.83. The minimum absolute atomic E-state index is 0.0178. The standard InChI is InChI=1S/C21H22ClN3O7S/c1-31-18-8-7-15(22)12-17(18)20(27)24-23-19(26)13-32-21(28)14-5-4-6-16(11-14)33(29,30)25-9-2-3-10-25/h4-8,11-12H,2-3,9-10,13H2,1H3,(H,23,26)(H,24,27). The molecule has 176 valence electrons. The van der Waals surface area contributed by atoms with Crippen molar-refractivity contribution in [1.82, 2.24) is 15.2 Å². The van der Waals surface area contributed by atoms with E-state index in [4.69, 9.17) is 21.1 Å². The minimum Gasteiger partial charge on any atom is -0.496 e. The monoisotopic (exact) mass is 495 g/mol. The predicted molar refractivity (Wildman–Crippen MR) is 118 cm³/mol. The molecule has 12 heteroatoms. The van der Waals surface area contributed by atoms with Crippen LogP contribution in [0, 0.1) is 0 Å². The summed E-state index contributed by atoms with van der Waals surface area (Å²) in [6.45, 7) is 0.169. The number of sulfonamides is 1. The minimum atomic E-state index is -3.70. The van der Waals surface area contributed by atoms with Crippen LogP contribution in [0.3, 0.4) is 0 Å². The van der Waals surface area contributed by atoms with Crippen molar-refractivity contribution in [3.8, 4) is 5.75 Å². The zero-order valence-electron chi connectivity index (χ0n) is 17.7. The van der Waals surface area contributed by atoms with Crippen molar-refractivity contribution in [3.63, 3.8) is 0 Å². The van der Waals surface area contributed by atoms with Crippen LogP contribution in [0.1, 0.15) is 33.6 Å². The first kappa shape index (κ1) is 24.5. The molecule has 1 saturated heterocycles. The van der Waals surface area contributed by atoms with Crippen molar-refractivity contribution >= 4 is 39.4 Å². The Morgan fingerprint density at radius 2 is 1.79 bits per heavy atom. The molecule has 0 saturated carbocycles. The molecule has 1 aliphatic rings. The number of carbonyl (C=O) groups excluding carboxylic acids is 3. The Morgan fingerprint density at radius 3 is 2.48 bits per heavy atom. The number of ether oxygens (including phenoxy) is 2. The summed E-state index contributed by atoms with van der Waals surface area (Å²) in [5, 5.41) is 0.301. The fourth-order valence-electron chi connectivity index (χ4n) is 3.16. The Kier molecular flexibility index (Phi) is 7.90. The van der Waals surface area contributed by atoms with E-state index in [0.29, 0.717) is 18.1 Å². The van der Waals surface area contributed by atoms with Gasteiger partial charge < -0.3 is 9.47 Å². The molecule has 1 fully saturated rings. The number of esters is 1. The summed E-state index contributed by atoms with van der Waals surface area (Å²) in [5.74, 6) is -2.12. The highest BCUT2D eigenvalue weighted by molar-refractivity contribution is 7.89. The van der Waals surface area contributed by atoms with Gasteiger partial charge in [0.15, 0.2) is 6.61 Å². The summed E-state index contributed by atoms with van der Waals surface area (Å²) in [4.78, 5) is 36.5. The molecule has 0 spiro atoms. The Balaban J connectivity index is 1.55. The van der Waals surface area contributed by atoms with E-state index in [2.05, 4.69) is 10.9 Å². The van der Waals surface area contributed by atoms with Crippen molar-refractivity contribution < 1.29 is 32.3 Å². The van der Waals surface area contributed by atoms with E-state index in [-0.39, 0.29) is 21.8 Å². The number of benzene rings is 2. The van der Waals surface area contributed by atoms with Crippen LogP contribution in [0.25, 0.3) is 0 Å². The number of hydrogen-bond donors (Lipinski definition) is 2. The van der Waals surface area contributed by atoms with Gasteiger partial charge in [-0.3, -0.25) is 20.4 Å². The Labute approximate surface area is 195 Å². The van der Waals surface area contributed by atoms with Crippen LogP contribution < -0.4 is 15.6 Å². The van der Waals surface area contributed by atoms with Gasteiger partial charge in [0.1, 0.15) is 5.75 Å². The molecule has 33 heavy (non-hydrogen) atoms. The quantitative estimate of drug-likeness (QED) is 0.442. The third-order valence-electron chi connectivity index (χ3n) is 4.83. The van der Waals surface area contributed by atoms with E-state index in [1.54, 1.807) is 6.07 Å². The molecule has 0 unspecified atom stereocenters. The van der Waals surface area contributed by atoms with E-state index in [1.807, 2.05) is 0 Å². The van der Waals surface area contributed by atoms with Crippen LogP contribution in [-0.4, -0.2) is 57.3 Å². The van der Waals surface area contributed by atoms with Crippen LogP contribution >= 0.6 is 11.6 Å². The summed E-state index contributed by atoms with van der Waals surface area (Å²) in [5.41, 5.74) is 4.36. The fraction of sp³-hybridized carbons (Fsp3) is 0.286. The third kappa shape index (κ3) is 6.01. The number of hydrogen-bond acceptors (Lipinski definition) is 7.